The molecule has 2 aromatic heterocycles. The van der Waals surface area contributed by atoms with Crippen LogP contribution < -0.4 is 0 Å². The van der Waals surface area contributed by atoms with Gasteiger partial charge in [0.05, 0.1) is 25.4 Å². The predicted molar refractivity (Wildman–Crippen MR) is 147 cm³/mol. The molecule has 1 aromatic carbocycles. The van der Waals surface area contributed by atoms with Gasteiger partial charge in [-0.1, -0.05) is 20.8 Å². The normalized spacial score (nSPS) is 15.4. The summed E-state index contributed by atoms with van der Waals surface area (Å²) < 4.78 is 19.2. The van der Waals surface area contributed by atoms with Crippen LogP contribution in [0.1, 0.15) is 63.5 Å². The minimum absolute atomic E-state index is 0.000818. The third-order valence-corrected chi connectivity index (χ3v) is 6.95. The van der Waals surface area contributed by atoms with Gasteiger partial charge in [-0.3, -0.25) is 19.3 Å². The number of piperazine rings is 1. The van der Waals surface area contributed by atoms with E-state index in [4.69, 9.17) is 0 Å². The number of hydrogen-bond donors (Lipinski definition) is 0. The Kier molecular flexibility index (Phi) is 9.22. The molecule has 210 valence electrons. The van der Waals surface area contributed by atoms with E-state index in [1.807, 2.05) is 11.0 Å². The number of esters is 1. The molecule has 1 aliphatic heterocycles. The molecule has 0 spiro atoms. The largest absolute Gasteiger partial charge is 0.469 e. The minimum Gasteiger partial charge on any atom is -0.469 e. The van der Waals surface area contributed by atoms with E-state index in [2.05, 4.69) is 61.4 Å². The van der Waals surface area contributed by atoms with Gasteiger partial charge in [0.15, 0.2) is 11.9 Å². The van der Waals surface area contributed by atoms with Crippen molar-refractivity contribution in [1.82, 2.24) is 24.4 Å². The molecule has 1 saturated heterocycles. The number of aldehydes is 1. The molecule has 1 fully saturated rings. The van der Waals surface area contributed by atoms with Crippen LogP contribution in [0.25, 0.3) is 16.9 Å². The third-order valence-electron chi connectivity index (χ3n) is 6.95. The topological polar surface area (TPSA) is 97.1 Å². The van der Waals surface area contributed by atoms with Gasteiger partial charge >= 0.3 is 5.97 Å². The van der Waals surface area contributed by atoms with E-state index in [0.29, 0.717) is 29.9 Å². The SMILES string of the molecule is CC(C)(C)c1cc(-c2ccc(F)cc2)nn2cc(C=O)nc12.COC(=O)CCC(=O)N1CCN(C)C(C)(C)C1. The van der Waals surface area contributed by atoms with Gasteiger partial charge in [-0.15, -0.1) is 0 Å². The average molecular weight is 540 g/mol. The number of nitrogens with zero attached hydrogens (tertiary/aromatic N) is 5. The van der Waals surface area contributed by atoms with E-state index in [1.54, 1.807) is 22.8 Å². The number of benzene rings is 1. The Labute approximate surface area is 229 Å². The molecule has 3 heterocycles. The van der Waals surface area contributed by atoms with E-state index < -0.39 is 0 Å². The number of aromatic nitrogens is 3. The van der Waals surface area contributed by atoms with Crippen LogP contribution in [0.4, 0.5) is 4.39 Å². The first-order chi connectivity index (χ1) is 18.2. The maximum atomic E-state index is 13.1. The van der Waals surface area contributed by atoms with E-state index in [1.165, 1.54) is 19.2 Å². The summed E-state index contributed by atoms with van der Waals surface area (Å²) in [5.41, 5.74) is 3.36. The summed E-state index contributed by atoms with van der Waals surface area (Å²) in [6.45, 7) is 12.8. The average Bonchev–Trinajstić information content (AvgIpc) is 3.31. The van der Waals surface area contributed by atoms with Crippen LogP contribution in [-0.4, -0.2) is 81.9 Å². The summed E-state index contributed by atoms with van der Waals surface area (Å²) in [5.74, 6) is -0.574. The number of rotatable bonds is 5. The van der Waals surface area contributed by atoms with Crippen molar-refractivity contribution in [3.05, 3.63) is 53.6 Å². The Bertz CT molecular complexity index is 1330. The molecule has 0 bridgehead atoms. The molecule has 4 rings (SSSR count). The second kappa shape index (κ2) is 12.0. The van der Waals surface area contributed by atoms with Crippen LogP contribution in [0.15, 0.2) is 36.5 Å². The molecule has 3 aromatic rings. The summed E-state index contributed by atoms with van der Waals surface area (Å²) in [4.78, 5) is 42.3. The van der Waals surface area contributed by atoms with E-state index in [0.717, 1.165) is 24.2 Å². The van der Waals surface area contributed by atoms with Crippen molar-refractivity contribution in [3.8, 4) is 11.3 Å². The fraction of sp³-hybridized carbons (Fsp3) is 0.483. The van der Waals surface area contributed by atoms with Gasteiger partial charge < -0.3 is 9.64 Å². The van der Waals surface area contributed by atoms with Crippen LogP contribution in [-0.2, 0) is 19.7 Å². The molecule has 0 N–H and O–H groups in total. The number of carbonyl (C=O) groups excluding carboxylic acids is 3. The van der Waals surface area contributed by atoms with Gasteiger partial charge in [0.1, 0.15) is 11.5 Å². The maximum absolute atomic E-state index is 13.1. The number of likely N-dealkylation sites (N-methyl/N-ethyl adjacent to an activating group) is 1. The quantitative estimate of drug-likeness (QED) is 0.355. The summed E-state index contributed by atoms with van der Waals surface area (Å²) >= 11 is 0. The second-order valence-electron chi connectivity index (χ2n) is 11.4. The van der Waals surface area contributed by atoms with E-state index in [-0.39, 0.29) is 41.5 Å². The zero-order valence-electron chi connectivity index (χ0n) is 23.8. The molecular formula is C29H38FN5O4. The number of halogens is 1. The van der Waals surface area contributed by atoms with Gasteiger partial charge in [-0.25, -0.2) is 13.9 Å². The highest BCUT2D eigenvalue weighted by Gasteiger charge is 2.33. The summed E-state index contributed by atoms with van der Waals surface area (Å²) in [6, 6.07) is 8.14. The zero-order valence-corrected chi connectivity index (χ0v) is 23.8. The number of carbonyl (C=O) groups is 3. The number of imidazole rings is 1. The second-order valence-corrected chi connectivity index (χ2v) is 11.4. The molecule has 39 heavy (non-hydrogen) atoms. The van der Waals surface area contributed by atoms with Crippen LogP contribution in [0.3, 0.4) is 0 Å². The Hall–Kier alpha value is -3.66. The van der Waals surface area contributed by atoms with Crippen molar-refractivity contribution >= 4 is 23.8 Å². The van der Waals surface area contributed by atoms with Gasteiger partial charge in [0.2, 0.25) is 5.91 Å². The van der Waals surface area contributed by atoms with Crippen LogP contribution in [0.5, 0.6) is 0 Å². The standard InChI is InChI=1S/C17H16FN3O.C12H22N2O3/c1-17(2,3)14-8-15(11-4-6-12(18)7-5-11)20-21-9-13(10-22)19-16(14)21;1-12(2)9-14(8-7-13(12)3)10(15)5-6-11(16)17-4/h4-10H,1-3H3;5-9H2,1-4H3. The Balaban J connectivity index is 0.000000224. The van der Waals surface area contributed by atoms with Gasteiger partial charge in [0.25, 0.3) is 0 Å². The summed E-state index contributed by atoms with van der Waals surface area (Å²) in [6.07, 6.45) is 2.72. The number of ether oxygens (including phenoxy) is 1. The minimum atomic E-state index is -0.327. The van der Waals surface area contributed by atoms with E-state index in [9.17, 15) is 18.8 Å². The van der Waals surface area contributed by atoms with Gasteiger partial charge in [-0.05, 0) is 56.6 Å². The fourth-order valence-electron chi connectivity index (χ4n) is 4.29. The lowest BCUT2D eigenvalue weighted by molar-refractivity contribution is -0.144. The van der Waals surface area contributed by atoms with Crippen LogP contribution in [0.2, 0.25) is 0 Å². The highest BCUT2D eigenvalue weighted by Crippen LogP contribution is 2.29. The van der Waals surface area contributed by atoms with Crippen molar-refractivity contribution < 1.29 is 23.5 Å². The number of hydrogen-bond acceptors (Lipinski definition) is 7. The first-order valence-corrected chi connectivity index (χ1v) is 12.9. The molecule has 1 amide bonds. The monoisotopic (exact) mass is 539 g/mol. The first-order valence-electron chi connectivity index (χ1n) is 12.9. The molecule has 0 saturated carbocycles. The Morgan fingerprint density at radius 1 is 1.13 bits per heavy atom. The van der Waals surface area contributed by atoms with Gasteiger partial charge in [0, 0.05) is 42.7 Å². The zero-order chi connectivity index (χ0) is 29.0. The number of fused-ring (bicyclic) bond motifs is 1. The smallest absolute Gasteiger partial charge is 0.306 e. The third kappa shape index (κ3) is 7.47. The van der Waals surface area contributed by atoms with Crippen molar-refractivity contribution in [2.24, 2.45) is 0 Å². The first kappa shape index (κ1) is 29.9. The van der Waals surface area contributed by atoms with Crippen molar-refractivity contribution in [1.29, 1.82) is 0 Å². The van der Waals surface area contributed by atoms with E-state index >= 15 is 0 Å². The summed E-state index contributed by atoms with van der Waals surface area (Å²) in [5, 5.41) is 4.49. The number of amides is 1. The van der Waals surface area contributed by atoms with Gasteiger partial charge in [-0.2, -0.15) is 5.10 Å². The van der Waals surface area contributed by atoms with Crippen molar-refractivity contribution in [3.63, 3.8) is 0 Å². The molecule has 0 atom stereocenters. The highest BCUT2D eigenvalue weighted by atomic mass is 19.1. The molecular weight excluding hydrogens is 501 g/mol. The van der Waals surface area contributed by atoms with Crippen LogP contribution >= 0.6 is 0 Å². The number of methoxy groups -OCH3 is 1. The highest BCUT2D eigenvalue weighted by molar-refractivity contribution is 5.81. The molecule has 0 aliphatic carbocycles. The van der Waals surface area contributed by atoms with Crippen molar-refractivity contribution in [2.75, 3.05) is 33.8 Å². The molecule has 0 radical (unpaired) electrons. The fourth-order valence-corrected chi connectivity index (χ4v) is 4.29. The van der Waals surface area contributed by atoms with Crippen molar-refractivity contribution in [2.45, 2.75) is 58.4 Å². The molecule has 0 unspecified atom stereocenters. The maximum Gasteiger partial charge on any atom is 0.306 e. The summed E-state index contributed by atoms with van der Waals surface area (Å²) in [7, 11) is 3.40. The predicted octanol–water partition coefficient (Wildman–Crippen LogP) is 4.14. The lowest BCUT2D eigenvalue weighted by Gasteiger charge is -2.45. The Morgan fingerprint density at radius 2 is 1.79 bits per heavy atom. The van der Waals surface area contributed by atoms with Crippen LogP contribution in [0, 0.1) is 5.82 Å². The Morgan fingerprint density at radius 3 is 2.36 bits per heavy atom. The molecule has 10 heteroatoms. The molecule has 1 aliphatic rings. The molecule has 9 nitrogen and oxygen atoms in total. The lowest BCUT2D eigenvalue weighted by atomic mass is 9.87. The lowest BCUT2D eigenvalue weighted by Crippen LogP contribution is -2.58.